The predicted molar refractivity (Wildman–Crippen MR) is 121 cm³/mol. The Labute approximate surface area is 179 Å². The van der Waals surface area contributed by atoms with E-state index in [-0.39, 0.29) is 23.1 Å². The highest BCUT2D eigenvalue weighted by Crippen LogP contribution is 2.18. The minimum atomic E-state index is -0.555. The summed E-state index contributed by atoms with van der Waals surface area (Å²) in [6.45, 7) is 3.79. The van der Waals surface area contributed by atoms with Crippen LogP contribution < -0.4 is 10.6 Å². The molecule has 0 saturated carbocycles. The molecule has 0 bridgehead atoms. The lowest BCUT2D eigenvalue weighted by Gasteiger charge is -2.27. The molecule has 1 aliphatic rings. The molecule has 3 amide bonds. The molecule has 6 nitrogen and oxygen atoms in total. The molecule has 2 N–H and O–H groups in total. The van der Waals surface area contributed by atoms with Gasteiger partial charge in [-0.2, -0.15) is 0 Å². The molecule has 0 radical (unpaired) electrons. The molecular formula is C23H19N3O3S. The van der Waals surface area contributed by atoms with Gasteiger partial charge in [-0.25, -0.2) is 0 Å². The highest BCUT2D eigenvalue weighted by molar-refractivity contribution is 7.80. The fourth-order valence-electron chi connectivity index (χ4n) is 2.80. The molecule has 0 aromatic heterocycles. The summed E-state index contributed by atoms with van der Waals surface area (Å²) in [7, 11) is 0. The summed E-state index contributed by atoms with van der Waals surface area (Å²) < 4.78 is 0. The van der Waals surface area contributed by atoms with E-state index in [0.717, 1.165) is 5.56 Å². The fraction of sp³-hybridized carbons (Fsp3) is 0.0435. The number of para-hydroxylation sites is 1. The number of thiocarbonyl (C=S) groups is 1. The van der Waals surface area contributed by atoms with Gasteiger partial charge in [-0.3, -0.25) is 24.6 Å². The van der Waals surface area contributed by atoms with Crippen LogP contribution in [-0.2, 0) is 9.59 Å². The molecule has 30 heavy (non-hydrogen) atoms. The molecule has 1 saturated heterocycles. The Balaban J connectivity index is 1.80. The monoisotopic (exact) mass is 417 g/mol. The minimum absolute atomic E-state index is 0.0347. The van der Waals surface area contributed by atoms with Gasteiger partial charge >= 0.3 is 0 Å². The van der Waals surface area contributed by atoms with E-state index >= 15 is 0 Å². The number of hydrogen-bond acceptors (Lipinski definition) is 4. The number of allylic oxidation sites excluding steroid dienone is 2. The van der Waals surface area contributed by atoms with E-state index < -0.39 is 11.8 Å². The van der Waals surface area contributed by atoms with Crippen molar-refractivity contribution in [1.82, 2.24) is 10.2 Å². The third-order valence-electron chi connectivity index (χ3n) is 4.28. The molecule has 3 rings (SSSR count). The molecule has 2 aromatic carbocycles. The second kappa shape index (κ2) is 9.58. The van der Waals surface area contributed by atoms with Crippen molar-refractivity contribution in [3.63, 3.8) is 0 Å². The van der Waals surface area contributed by atoms with Gasteiger partial charge in [0.25, 0.3) is 17.7 Å². The molecule has 1 heterocycles. The first-order valence-electron chi connectivity index (χ1n) is 9.13. The van der Waals surface area contributed by atoms with E-state index in [9.17, 15) is 14.4 Å². The van der Waals surface area contributed by atoms with Crippen molar-refractivity contribution < 1.29 is 14.4 Å². The second-order valence-corrected chi connectivity index (χ2v) is 6.70. The van der Waals surface area contributed by atoms with Crippen LogP contribution in [0.2, 0.25) is 0 Å². The first-order chi connectivity index (χ1) is 14.5. The Hall–Kier alpha value is -3.84. The number of anilines is 1. The fourth-order valence-corrected chi connectivity index (χ4v) is 3.05. The zero-order chi connectivity index (χ0) is 21.5. The first-order valence-corrected chi connectivity index (χ1v) is 9.54. The maximum Gasteiger partial charge on any atom is 0.265 e. The topological polar surface area (TPSA) is 78.5 Å². The summed E-state index contributed by atoms with van der Waals surface area (Å²) >= 11 is 5.03. The molecule has 0 aliphatic carbocycles. The van der Waals surface area contributed by atoms with Crippen LogP contribution in [-0.4, -0.2) is 34.3 Å². The largest absolute Gasteiger partial charge is 0.321 e. The van der Waals surface area contributed by atoms with Crippen LogP contribution in [0.5, 0.6) is 0 Å². The van der Waals surface area contributed by atoms with Gasteiger partial charge in [-0.1, -0.05) is 54.6 Å². The van der Waals surface area contributed by atoms with E-state index in [0.29, 0.717) is 11.3 Å². The smallest absolute Gasteiger partial charge is 0.265 e. The first kappa shape index (κ1) is 20.9. The summed E-state index contributed by atoms with van der Waals surface area (Å²) in [5.74, 6) is -1.27. The van der Waals surface area contributed by atoms with Gasteiger partial charge in [0.2, 0.25) is 0 Å². The van der Waals surface area contributed by atoms with Gasteiger partial charge in [0, 0.05) is 17.8 Å². The van der Waals surface area contributed by atoms with Crippen LogP contribution in [0.4, 0.5) is 5.69 Å². The number of nitrogens with zero attached hydrogens (tertiary/aromatic N) is 1. The molecule has 0 unspecified atom stereocenters. The number of rotatable bonds is 6. The van der Waals surface area contributed by atoms with E-state index in [1.54, 1.807) is 42.5 Å². The number of carbonyl (C=O) groups excluding carboxylic acids is 3. The molecule has 1 aliphatic heterocycles. The van der Waals surface area contributed by atoms with Crippen molar-refractivity contribution in [3.05, 3.63) is 96.1 Å². The van der Waals surface area contributed by atoms with Crippen molar-refractivity contribution in [2.45, 2.75) is 0 Å². The predicted octanol–water partition coefficient (Wildman–Crippen LogP) is 3.31. The molecule has 0 atom stereocenters. The summed E-state index contributed by atoms with van der Waals surface area (Å²) in [4.78, 5) is 38.4. The number of nitrogens with one attached hydrogen (secondary N) is 2. The third-order valence-corrected chi connectivity index (χ3v) is 4.60. The molecular weight excluding hydrogens is 398 g/mol. The van der Waals surface area contributed by atoms with Crippen LogP contribution in [0.25, 0.3) is 6.08 Å². The number of amides is 3. The lowest BCUT2D eigenvalue weighted by molar-refractivity contribution is -0.128. The van der Waals surface area contributed by atoms with Crippen molar-refractivity contribution in [3.8, 4) is 0 Å². The van der Waals surface area contributed by atoms with E-state index in [1.807, 2.05) is 24.3 Å². The zero-order valence-corrected chi connectivity index (χ0v) is 16.8. The highest BCUT2D eigenvalue weighted by atomic mass is 32.1. The van der Waals surface area contributed by atoms with Gasteiger partial charge in [0.05, 0.1) is 0 Å². The average molecular weight is 417 g/mol. The maximum absolute atomic E-state index is 12.5. The molecule has 0 spiro atoms. The Morgan fingerprint density at radius 1 is 1.10 bits per heavy atom. The van der Waals surface area contributed by atoms with Crippen molar-refractivity contribution in [1.29, 1.82) is 0 Å². The molecule has 150 valence electrons. The van der Waals surface area contributed by atoms with Crippen LogP contribution >= 0.6 is 12.2 Å². The summed E-state index contributed by atoms with van der Waals surface area (Å²) in [6.07, 6.45) is 6.24. The minimum Gasteiger partial charge on any atom is -0.321 e. The van der Waals surface area contributed by atoms with Gasteiger partial charge < -0.3 is 5.32 Å². The Morgan fingerprint density at radius 2 is 1.80 bits per heavy atom. The molecule has 7 heteroatoms. The van der Waals surface area contributed by atoms with Crippen molar-refractivity contribution >= 4 is 46.8 Å². The van der Waals surface area contributed by atoms with E-state index in [1.165, 1.54) is 17.1 Å². The van der Waals surface area contributed by atoms with Crippen LogP contribution in [0.3, 0.4) is 0 Å². The summed E-state index contributed by atoms with van der Waals surface area (Å²) in [5.41, 5.74) is 1.84. The van der Waals surface area contributed by atoms with Crippen molar-refractivity contribution in [2.24, 2.45) is 0 Å². The third kappa shape index (κ3) is 4.76. The standard InChI is InChI=1S/C23H19N3O3S/c1-2-15-26-22(29)18(21(28)25-23(26)30)13-8-12-16-9-6-7-14-19(16)24-20(27)17-10-4-3-5-11-17/h2-14H,1,15H2,(H,24,27)(H,25,28,30)/b12-8-,18-13+. The summed E-state index contributed by atoms with van der Waals surface area (Å²) in [5, 5.41) is 5.41. The quantitative estimate of drug-likeness (QED) is 0.327. The Bertz CT molecular complexity index is 1070. The lowest BCUT2D eigenvalue weighted by atomic mass is 10.1. The SMILES string of the molecule is C=CCN1C(=O)/C(=C/C=C\c2ccccc2NC(=O)c2ccccc2)C(=O)NC1=S. The van der Waals surface area contributed by atoms with E-state index in [4.69, 9.17) is 12.2 Å². The maximum atomic E-state index is 12.5. The zero-order valence-electron chi connectivity index (χ0n) is 16.0. The number of hydrogen-bond donors (Lipinski definition) is 2. The van der Waals surface area contributed by atoms with Gasteiger partial charge in [-0.05, 0) is 42.1 Å². The van der Waals surface area contributed by atoms with Crippen LogP contribution in [0, 0.1) is 0 Å². The van der Waals surface area contributed by atoms with Gasteiger partial charge in [0.15, 0.2) is 5.11 Å². The van der Waals surface area contributed by atoms with E-state index in [2.05, 4.69) is 17.2 Å². The normalized spacial score (nSPS) is 15.4. The van der Waals surface area contributed by atoms with Crippen LogP contribution in [0.1, 0.15) is 15.9 Å². The Kier molecular flexibility index (Phi) is 6.67. The van der Waals surface area contributed by atoms with Gasteiger partial charge in [0.1, 0.15) is 5.57 Å². The average Bonchev–Trinajstić information content (AvgIpc) is 2.75. The second-order valence-electron chi connectivity index (χ2n) is 6.31. The summed E-state index contributed by atoms with van der Waals surface area (Å²) in [6, 6.07) is 16.1. The highest BCUT2D eigenvalue weighted by Gasteiger charge is 2.32. The Morgan fingerprint density at radius 3 is 2.53 bits per heavy atom. The van der Waals surface area contributed by atoms with Gasteiger partial charge in [-0.15, -0.1) is 6.58 Å². The number of carbonyl (C=O) groups is 3. The number of benzene rings is 2. The van der Waals surface area contributed by atoms with Crippen LogP contribution in [0.15, 0.2) is 85.0 Å². The molecule has 1 fully saturated rings. The lowest BCUT2D eigenvalue weighted by Crippen LogP contribution is -2.53. The molecule has 2 aromatic rings. The van der Waals surface area contributed by atoms with Crippen molar-refractivity contribution in [2.75, 3.05) is 11.9 Å².